The van der Waals surface area contributed by atoms with Gasteiger partial charge in [0, 0.05) is 25.5 Å². The molecule has 1 aromatic heterocycles. The van der Waals surface area contributed by atoms with Crippen LogP contribution in [0.2, 0.25) is 0 Å². The van der Waals surface area contributed by atoms with Crippen LogP contribution in [-0.4, -0.2) is 11.6 Å². The quantitative estimate of drug-likeness (QED) is 0.885. The second-order valence-electron chi connectivity index (χ2n) is 6.17. The topological polar surface area (TPSA) is 17.0 Å². The van der Waals surface area contributed by atoms with Gasteiger partial charge < -0.3 is 9.88 Å². The summed E-state index contributed by atoms with van der Waals surface area (Å²) in [5, 5.41) is 3.17. The predicted molar refractivity (Wildman–Crippen MR) is 81.4 cm³/mol. The summed E-state index contributed by atoms with van der Waals surface area (Å²) in [4.78, 5) is 0. The molecule has 0 radical (unpaired) electrons. The van der Waals surface area contributed by atoms with E-state index in [0.29, 0.717) is 0 Å². The van der Waals surface area contributed by atoms with Gasteiger partial charge in [-0.15, -0.1) is 0 Å². The number of nitrogens with one attached hydrogen (secondary N) is 1. The van der Waals surface area contributed by atoms with Crippen molar-refractivity contribution < 1.29 is 0 Å². The first-order valence-electron chi connectivity index (χ1n) is 6.88. The van der Waals surface area contributed by atoms with Gasteiger partial charge in [-0.1, -0.05) is 45.0 Å². The highest BCUT2D eigenvalue weighted by Crippen LogP contribution is 2.22. The standard InChI is InChI=1S/C17H24N2/c1-17(2,3)16-7-5-14(6-8-16)12-19-10-9-15(13-19)11-18-4/h5-10,13,18H,11-12H2,1-4H3. The third kappa shape index (κ3) is 3.71. The van der Waals surface area contributed by atoms with Gasteiger partial charge in [0.25, 0.3) is 0 Å². The molecule has 0 aliphatic rings. The van der Waals surface area contributed by atoms with Gasteiger partial charge in [-0.25, -0.2) is 0 Å². The van der Waals surface area contributed by atoms with Crippen LogP contribution in [-0.2, 0) is 18.5 Å². The minimum atomic E-state index is 0.228. The third-order valence-corrected chi connectivity index (χ3v) is 3.38. The number of nitrogens with zero attached hydrogens (tertiary/aromatic N) is 1. The molecular weight excluding hydrogens is 232 g/mol. The second-order valence-corrected chi connectivity index (χ2v) is 6.17. The van der Waals surface area contributed by atoms with Gasteiger partial charge >= 0.3 is 0 Å². The Bertz CT molecular complexity index is 515. The molecule has 2 heteroatoms. The average Bonchev–Trinajstić information content (AvgIpc) is 2.77. The first-order chi connectivity index (χ1) is 8.99. The lowest BCUT2D eigenvalue weighted by Crippen LogP contribution is -2.10. The van der Waals surface area contributed by atoms with Gasteiger partial charge in [-0.2, -0.15) is 0 Å². The Morgan fingerprint density at radius 2 is 1.68 bits per heavy atom. The van der Waals surface area contributed by atoms with Crippen LogP contribution in [0.3, 0.4) is 0 Å². The van der Waals surface area contributed by atoms with Crippen LogP contribution in [0.25, 0.3) is 0 Å². The van der Waals surface area contributed by atoms with Crippen molar-refractivity contribution in [1.29, 1.82) is 0 Å². The maximum absolute atomic E-state index is 3.17. The minimum absolute atomic E-state index is 0.228. The van der Waals surface area contributed by atoms with Gasteiger partial charge in [-0.3, -0.25) is 0 Å². The largest absolute Gasteiger partial charge is 0.350 e. The summed E-state index contributed by atoms with van der Waals surface area (Å²) in [6, 6.07) is 11.1. The van der Waals surface area contributed by atoms with Gasteiger partial charge in [0.1, 0.15) is 0 Å². The molecular formula is C17H24N2. The maximum Gasteiger partial charge on any atom is 0.0470 e. The molecule has 2 nitrogen and oxygen atoms in total. The van der Waals surface area contributed by atoms with E-state index in [1.54, 1.807) is 0 Å². The Morgan fingerprint density at radius 1 is 1.00 bits per heavy atom. The summed E-state index contributed by atoms with van der Waals surface area (Å²) in [7, 11) is 1.97. The molecule has 0 unspecified atom stereocenters. The fourth-order valence-electron chi connectivity index (χ4n) is 2.22. The van der Waals surface area contributed by atoms with Crippen LogP contribution in [0.4, 0.5) is 0 Å². The molecule has 0 amide bonds. The highest BCUT2D eigenvalue weighted by atomic mass is 14.9. The van der Waals surface area contributed by atoms with E-state index in [-0.39, 0.29) is 5.41 Å². The smallest absolute Gasteiger partial charge is 0.0470 e. The summed E-state index contributed by atoms with van der Waals surface area (Å²) in [6.45, 7) is 8.61. The van der Waals surface area contributed by atoms with Crippen molar-refractivity contribution in [2.45, 2.75) is 39.3 Å². The number of aromatic nitrogens is 1. The molecule has 0 aliphatic carbocycles. The van der Waals surface area contributed by atoms with Crippen molar-refractivity contribution in [3.05, 3.63) is 59.4 Å². The molecule has 1 N–H and O–H groups in total. The van der Waals surface area contributed by atoms with E-state index in [1.165, 1.54) is 16.7 Å². The Balaban J connectivity index is 2.06. The summed E-state index contributed by atoms with van der Waals surface area (Å²) in [5.74, 6) is 0. The normalized spacial score (nSPS) is 11.8. The van der Waals surface area contributed by atoms with Crippen molar-refractivity contribution in [3.8, 4) is 0 Å². The highest BCUT2D eigenvalue weighted by molar-refractivity contribution is 5.28. The zero-order valence-electron chi connectivity index (χ0n) is 12.4. The molecule has 2 aromatic rings. The Labute approximate surface area is 116 Å². The van der Waals surface area contributed by atoms with Crippen LogP contribution < -0.4 is 5.32 Å². The van der Waals surface area contributed by atoms with E-state index in [1.807, 2.05) is 7.05 Å². The lowest BCUT2D eigenvalue weighted by Gasteiger charge is -2.19. The summed E-state index contributed by atoms with van der Waals surface area (Å²) < 4.78 is 2.23. The van der Waals surface area contributed by atoms with Crippen LogP contribution in [0.5, 0.6) is 0 Å². The fraction of sp³-hybridized carbons (Fsp3) is 0.412. The van der Waals surface area contributed by atoms with Crippen molar-refractivity contribution in [2.75, 3.05) is 7.05 Å². The van der Waals surface area contributed by atoms with E-state index in [9.17, 15) is 0 Å². The number of hydrogen-bond acceptors (Lipinski definition) is 1. The van der Waals surface area contributed by atoms with Crippen LogP contribution in [0.15, 0.2) is 42.7 Å². The molecule has 2 rings (SSSR count). The minimum Gasteiger partial charge on any atom is -0.350 e. The highest BCUT2D eigenvalue weighted by Gasteiger charge is 2.12. The Morgan fingerprint density at radius 3 is 2.26 bits per heavy atom. The van der Waals surface area contributed by atoms with E-state index in [0.717, 1.165) is 13.1 Å². The van der Waals surface area contributed by atoms with Gasteiger partial charge in [-0.05, 0) is 35.2 Å². The first kappa shape index (κ1) is 13.9. The van der Waals surface area contributed by atoms with Gasteiger partial charge in [0.15, 0.2) is 0 Å². The second kappa shape index (κ2) is 5.62. The van der Waals surface area contributed by atoms with E-state index >= 15 is 0 Å². The molecule has 0 aliphatic heterocycles. The van der Waals surface area contributed by atoms with Crippen molar-refractivity contribution in [3.63, 3.8) is 0 Å². The van der Waals surface area contributed by atoms with E-state index in [2.05, 4.69) is 73.4 Å². The van der Waals surface area contributed by atoms with Crippen LogP contribution >= 0.6 is 0 Å². The van der Waals surface area contributed by atoms with E-state index < -0.39 is 0 Å². The molecule has 0 saturated carbocycles. The van der Waals surface area contributed by atoms with Crippen LogP contribution in [0.1, 0.15) is 37.5 Å². The Kier molecular flexibility index (Phi) is 4.11. The molecule has 102 valence electrons. The molecule has 0 atom stereocenters. The monoisotopic (exact) mass is 256 g/mol. The lowest BCUT2D eigenvalue weighted by molar-refractivity contribution is 0.590. The first-order valence-corrected chi connectivity index (χ1v) is 6.88. The zero-order valence-corrected chi connectivity index (χ0v) is 12.4. The van der Waals surface area contributed by atoms with Crippen molar-refractivity contribution in [2.24, 2.45) is 0 Å². The SMILES string of the molecule is CNCc1ccn(Cc2ccc(C(C)(C)C)cc2)c1. The average molecular weight is 256 g/mol. The maximum atomic E-state index is 3.17. The van der Waals surface area contributed by atoms with Gasteiger partial charge in [0.05, 0.1) is 0 Å². The van der Waals surface area contributed by atoms with Gasteiger partial charge in [0.2, 0.25) is 0 Å². The lowest BCUT2D eigenvalue weighted by atomic mass is 9.87. The molecule has 1 heterocycles. The number of hydrogen-bond donors (Lipinski definition) is 1. The van der Waals surface area contributed by atoms with Crippen LogP contribution in [0, 0.1) is 0 Å². The summed E-state index contributed by atoms with van der Waals surface area (Å²) >= 11 is 0. The molecule has 19 heavy (non-hydrogen) atoms. The summed E-state index contributed by atoms with van der Waals surface area (Å²) in [5.41, 5.74) is 4.29. The predicted octanol–water partition coefficient (Wildman–Crippen LogP) is 3.55. The Hall–Kier alpha value is -1.54. The molecule has 0 fully saturated rings. The number of rotatable bonds is 4. The third-order valence-electron chi connectivity index (χ3n) is 3.38. The van der Waals surface area contributed by atoms with E-state index in [4.69, 9.17) is 0 Å². The molecule has 0 saturated heterocycles. The summed E-state index contributed by atoms with van der Waals surface area (Å²) in [6.07, 6.45) is 4.35. The molecule has 1 aromatic carbocycles. The van der Waals surface area contributed by atoms with Crippen molar-refractivity contribution in [1.82, 2.24) is 9.88 Å². The number of benzene rings is 1. The van der Waals surface area contributed by atoms with Crippen molar-refractivity contribution >= 4 is 0 Å². The fourth-order valence-corrected chi connectivity index (χ4v) is 2.22. The molecule has 0 bridgehead atoms. The molecule has 0 spiro atoms. The zero-order chi connectivity index (χ0) is 13.9.